The van der Waals surface area contributed by atoms with Gasteiger partial charge in [0.2, 0.25) is 5.97 Å². The van der Waals surface area contributed by atoms with Crippen molar-refractivity contribution < 1.29 is 13.5 Å². The lowest BCUT2D eigenvalue weighted by atomic mass is 9.68. The van der Waals surface area contributed by atoms with Crippen molar-refractivity contribution in [1.82, 2.24) is 0 Å². The number of ether oxygens (including phenoxy) is 1. The summed E-state index contributed by atoms with van der Waals surface area (Å²) in [5.41, 5.74) is 11.1. The smallest absolute Gasteiger partial charge is 0.215 e. The minimum Gasteiger partial charge on any atom is -0.405 e. The molecule has 0 aromatic heterocycles. The lowest BCUT2D eigenvalue weighted by Gasteiger charge is -2.44. The van der Waals surface area contributed by atoms with Crippen molar-refractivity contribution in [1.29, 1.82) is 5.41 Å². The molecule has 2 atom stereocenters. The van der Waals surface area contributed by atoms with Gasteiger partial charge in [-0.05, 0) is 49.1 Å². The highest BCUT2D eigenvalue weighted by Crippen LogP contribution is 2.49. The van der Waals surface area contributed by atoms with Crippen LogP contribution in [0.3, 0.4) is 0 Å². The molecule has 0 saturated heterocycles. The molecule has 2 rings (SSSR count). The highest BCUT2D eigenvalue weighted by Gasteiger charge is 2.46. The van der Waals surface area contributed by atoms with Crippen molar-refractivity contribution in [2.24, 2.45) is 11.7 Å². The molecule has 1 aliphatic carbocycles. The molecule has 0 bridgehead atoms. The van der Waals surface area contributed by atoms with Gasteiger partial charge in [-0.2, -0.15) is 4.39 Å². The molecule has 2 unspecified atom stereocenters. The van der Waals surface area contributed by atoms with Crippen LogP contribution in [0.4, 0.5) is 14.5 Å². The van der Waals surface area contributed by atoms with Gasteiger partial charge in [-0.1, -0.05) is 6.92 Å². The van der Waals surface area contributed by atoms with Crippen LogP contribution in [0.15, 0.2) is 23.9 Å². The molecule has 0 spiro atoms. The van der Waals surface area contributed by atoms with Crippen LogP contribution in [-0.2, 0) is 10.3 Å². The van der Waals surface area contributed by atoms with E-state index >= 15 is 0 Å². The standard InChI is InChI=1S/C16H21F2N3O/c1-9-4-3-5-10(8-19)16(9,22-2)12-6-11(17)7-13(20)14(12)15(18)21/h6-9,21H,3-5,19-20H2,1-2H3/b10-8+,21-15?. The second-order valence-corrected chi connectivity index (χ2v) is 5.66. The quantitative estimate of drug-likeness (QED) is 0.592. The van der Waals surface area contributed by atoms with Crippen molar-refractivity contribution in [3.05, 3.63) is 40.8 Å². The summed E-state index contributed by atoms with van der Waals surface area (Å²) in [7, 11) is 1.48. The Hall–Kier alpha value is -1.95. The van der Waals surface area contributed by atoms with Gasteiger partial charge in [0.05, 0.1) is 5.56 Å². The van der Waals surface area contributed by atoms with E-state index in [9.17, 15) is 8.78 Å². The lowest BCUT2D eigenvalue weighted by Crippen LogP contribution is -2.42. The number of anilines is 1. The van der Waals surface area contributed by atoms with Crippen LogP contribution in [0.2, 0.25) is 0 Å². The van der Waals surface area contributed by atoms with Gasteiger partial charge in [0, 0.05) is 18.4 Å². The van der Waals surface area contributed by atoms with Gasteiger partial charge in [0.15, 0.2) is 0 Å². The zero-order valence-electron chi connectivity index (χ0n) is 12.7. The Morgan fingerprint density at radius 2 is 2.18 bits per heavy atom. The van der Waals surface area contributed by atoms with E-state index < -0.39 is 17.4 Å². The monoisotopic (exact) mass is 309 g/mol. The summed E-state index contributed by atoms with van der Waals surface area (Å²) in [6.45, 7) is 1.94. The van der Waals surface area contributed by atoms with Crippen LogP contribution in [-0.4, -0.2) is 13.1 Å². The van der Waals surface area contributed by atoms with Crippen molar-refractivity contribution in [2.75, 3.05) is 12.8 Å². The molecule has 0 amide bonds. The number of benzene rings is 1. The SMILES string of the molecule is COC1(c2cc(F)cc(N)c2C(=N)F)/C(=C/N)CCCC1C. The summed E-state index contributed by atoms with van der Waals surface area (Å²) in [5, 5.41) is 7.38. The molecule has 0 aliphatic heterocycles. The first-order chi connectivity index (χ1) is 10.4. The Morgan fingerprint density at radius 3 is 2.73 bits per heavy atom. The van der Waals surface area contributed by atoms with Crippen molar-refractivity contribution in [3.63, 3.8) is 0 Å². The van der Waals surface area contributed by atoms with E-state index in [1.165, 1.54) is 19.4 Å². The fourth-order valence-corrected chi connectivity index (χ4v) is 3.56. The van der Waals surface area contributed by atoms with Crippen LogP contribution < -0.4 is 11.5 Å². The van der Waals surface area contributed by atoms with Gasteiger partial charge >= 0.3 is 0 Å². The summed E-state index contributed by atoms with van der Waals surface area (Å²) >= 11 is 0. The van der Waals surface area contributed by atoms with Crippen LogP contribution in [0.25, 0.3) is 0 Å². The van der Waals surface area contributed by atoms with Crippen LogP contribution in [0.1, 0.15) is 37.3 Å². The summed E-state index contributed by atoms with van der Waals surface area (Å²) in [6, 6.07) is 2.20. The second-order valence-electron chi connectivity index (χ2n) is 5.66. The fraction of sp³-hybridized carbons (Fsp3) is 0.438. The van der Waals surface area contributed by atoms with E-state index in [4.69, 9.17) is 21.6 Å². The normalized spacial score (nSPS) is 27.1. The Labute approximate surface area is 128 Å². The molecule has 0 heterocycles. The average Bonchev–Trinajstić information content (AvgIpc) is 2.45. The van der Waals surface area contributed by atoms with Crippen molar-refractivity contribution in [3.8, 4) is 0 Å². The highest BCUT2D eigenvalue weighted by molar-refractivity contribution is 5.98. The zero-order valence-corrected chi connectivity index (χ0v) is 12.7. The van der Waals surface area contributed by atoms with Crippen LogP contribution in [0, 0.1) is 17.1 Å². The summed E-state index contributed by atoms with van der Waals surface area (Å²) in [4.78, 5) is 0. The van der Waals surface area contributed by atoms with E-state index in [0.29, 0.717) is 6.42 Å². The molecule has 5 N–H and O–H groups in total. The molecule has 1 saturated carbocycles. The number of nitrogens with one attached hydrogen (secondary N) is 1. The number of hydrogen-bond donors (Lipinski definition) is 3. The molecular weight excluding hydrogens is 288 g/mol. The Morgan fingerprint density at radius 1 is 1.50 bits per heavy atom. The summed E-state index contributed by atoms with van der Waals surface area (Å²) in [6.07, 6.45) is 3.85. The first-order valence-electron chi connectivity index (χ1n) is 7.18. The predicted molar refractivity (Wildman–Crippen MR) is 82.7 cm³/mol. The Balaban J connectivity index is 2.82. The summed E-state index contributed by atoms with van der Waals surface area (Å²) < 4.78 is 33.4. The number of nitrogens with two attached hydrogens (primary N) is 2. The first-order valence-corrected chi connectivity index (χ1v) is 7.18. The molecule has 22 heavy (non-hydrogen) atoms. The predicted octanol–water partition coefficient (Wildman–Crippen LogP) is 3.21. The van der Waals surface area contributed by atoms with E-state index in [1.54, 1.807) is 0 Å². The third-order valence-electron chi connectivity index (χ3n) is 4.53. The maximum Gasteiger partial charge on any atom is 0.215 e. The number of hydrogen-bond acceptors (Lipinski definition) is 4. The van der Waals surface area contributed by atoms with E-state index in [2.05, 4.69) is 0 Å². The molecule has 4 nitrogen and oxygen atoms in total. The van der Waals surface area contributed by atoms with Crippen LogP contribution in [0.5, 0.6) is 0 Å². The molecular formula is C16H21F2N3O. The van der Waals surface area contributed by atoms with Crippen molar-refractivity contribution in [2.45, 2.75) is 31.8 Å². The van der Waals surface area contributed by atoms with Crippen molar-refractivity contribution >= 4 is 11.7 Å². The van der Waals surface area contributed by atoms with E-state index in [1.807, 2.05) is 6.92 Å². The fourth-order valence-electron chi connectivity index (χ4n) is 3.56. The van der Waals surface area contributed by atoms with Gasteiger partial charge in [0.1, 0.15) is 11.4 Å². The third-order valence-corrected chi connectivity index (χ3v) is 4.53. The number of nitrogen functional groups attached to an aromatic ring is 1. The second kappa shape index (κ2) is 6.04. The first kappa shape index (κ1) is 16.4. The van der Waals surface area contributed by atoms with Gasteiger partial charge in [-0.3, -0.25) is 5.41 Å². The lowest BCUT2D eigenvalue weighted by molar-refractivity contribution is -0.0434. The molecule has 1 aromatic rings. The maximum absolute atomic E-state index is 13.9. The highest BCUT2D eigenvalue weighted by atomic mass is 19.1. The molecule has 1 aliphatic rings. The number of methoxy groups -OCH3 is 1. The largest absolute Gasteiger partial charge is 0.405 e. The van der Waals surface area contributed by atoms with Gasteiger partial charge in [-0.25, -0.2) is 4.39 Å². The van der Waals surface area contributed by atoms with E-state index in [0.717, 1.165) is 24.5 Å². The topological polar surface area (TPSA) is 85.1 Å². The Bertz CT molecular complexity index is 630. The summed E-state index contributed by atoms with van der Waals surface area (Å²) in [5.74, 6) is -1.86. The molecule has 120 valence electrons. The molecule has 6 heteroatoms. The zero-order chi connectivity index (χ0) is 16.5. The van der Waals surface area contributed by atoms with Gasteiger partial charge in [-0.15, -0.1) is 0 Å². The van der Waals surface area contributed by atoms with Crippen LogP contribution >= 0.6 is 0 Å². The molecule has 1 aromatic carbocycles. The van der Waals surface area contributed by atoms with E-state index in [-0.39, 0.29) is 22.7 Å². The van der Waals surface area contributed by atoms with Gasteiger partial charge < -0.3 is 16.2 Å². The van der Waals surface area contributed by atoms with Gasteiger partial charge in [0.25, 0.3) is 0 Å². The maximum atomic E-state index is 13.9. The molecule has 0 radical (unpaired) electrons. The number of rotatable bonds is 3. The minimum absolute atomic E-state index is 0.0552. The molecule has 1 fully saturated rings. The average molecular weight is 309 g/mol. The Kier molecular flexibility index (Phi) is 4.51. The minimum atomic E-state index is -1.21. The third kappa shape index (κ3) is 2.37. The number of halogens is 2.